The summed E-state index contributed by atoms with van der Waals surface area (Å²) < 4.78 is 12.8. The number of benzene rings is 3. The van der Waals surface area contributed by atoms with E-state index in [2.05, 4.69) is 82.3 Å². The van der Waals surface area contributed by atoms with E-state index in [0.29, 0.717) is 5.56 Å². The Hall–Kier alpha value is -2.87. The van der Waals surface area contributed by atoms with Crippen molar-refractivity contribution in [3.8, 4) is 28.3 Å². The number of hydrogen-bond acceptors (Lipinski definition) is 3. The standard InChI is InChI=1S/C30H30BNO2/c1-28(2)29(3,4)34-31(33-28)22-14-15-24-25-9-7-8-23(21-12-10-20(19-32)11-13-21)27(25)30(26(24)18-22)16-5-6-17-30/h7-15,18H,5-6,16-17H2,1-4H3. The summed E-state index contributed by atoms with van der Waals surface area (Å²) in [6, 6.07) is 23.8. The van der Waals surface area contributed by atoms with Crippen molar-refractivity contribution in [3.63, 3.8) is 0 Å². The van der Waals surface area contributed by atoms with E-state index in [0.717, 1.165) is 18.3 Å². The molecule has 4 heteroatoms. The van der Waals surface area contributed by atoms with Gasteiger partial charge >= 0.3 is 7.12 Å². The van der Waals surface area contributed by atoms with E-state index >= 15 is 0 Å². The van der Waals surface area contributed by atoms with Crippen molar-refractivity contribution in [2.75, 3.05) is 0 Å². The zero-order chi connectivity index (χ0) is 23.7. The molecule has 0 aromatic heterocycles. The molecule has 3 aromatic carbocycles. The lowest BCUT2D eigenvalue weighted by Crippen LogP contribution is -2.41. The van der Waals surface area contributed by atoms with E-state index in [1.54, 1.807) is 0 Å². The third-order valence-electron chi connectivity index (χ3n) is 8.70. The molecule has 0 atom stereocenters. The summed E-state index contributed by atoms with van der Waals surface area (Å²) in [5.41, 5.74) is 9.16. The predicted molar refractivity (Wildman–Crippen MR) is 137 cm³/mol. The number of nitriles is 1. The first-order valence-electron chi connectivity index (χ1n) is 12.4. The maximum atomic E-state index is 9.25. The highest BCUT2D eigenvalue weighted by atomic mass is 16.7. The second kappa shape index (κ2) is 7.31. The molecule has 6 rings (SSSR count). The maximum absolute atomic E-state index is 9.25. The molecule has 1 aliphatic heterocycles. The molecule has 3 aliphatic rings. The third-order valence-corrected chi connectivity index (χ3v) is 8.70. The summed E-state index contributed by atoms with van der Waals surface area (Å²) in [7, 11) is -0.351. The number of nitrogens with zero attached hydrogens (tertiary/aromatic N) is 1. The predicted octanol–water partition coefficient (Wildman–Crippen LogP) is 6.36. The molecule has 3 nitrogen and oxygen atoms in total. The first-order valence-corrected chi connectivity index (χ1v) is 12.4. The van der Waals surface area contributed by atoms with Crippen molar-refractivity contribution in [2.45, 2.75) is 70.0 Å². The van der Waals surface area contributed by atoms with Gasteiger partial charge in [-0.1, -0.05) is 61.4 Å². The van der Waals surface area contributed by atoms with Crippen molar-refractivity contribution in [3.05, 3.63) is 77.4 Å². The van der Waals surface area contributed by atoms with Gasteiger partial charge in [0, 0.05) is 5.41 Å². The van der Waals surface area contributed by atoms with Crippen LogP contribution < -0.4 is 5.46 Å². The Morgan fingerprint density at radius 3 is 2.09 bits per heavy atom. The Kier molecular flexibility index (Phi) is 4.66. The number of hydrogen-bond donors (Lipinski definition) is 0. The van der Waals surface area contributed by atoms with Crippen LogP contribution in [0.2, 0.25) is 0 Å². The van der Waals surface area contributed by atoms with Crippen molar-refractivity contribution < 1.29 is 9.31 Å². The van der Waals surface area contributed by atoms with Gasteiger partial charge in [-0.25, -0.2) is 0 Å². The molecule has 170 valence electrons. The van der Waals surface area contributed by atoms with Gasteiger partial charge in [0.05, 0.1) is 22.8 Å². The van der Waals surface area contributed by atoms with E-state index in [1.165, 1.54) is 46.2 Å². The Bertz CT molecular complexity index is 1310. The molecule has 34 heavy (non-hydrogen) atoms. The lowest BCUT2D eigenvalue weighted by molar-refractivity contribution is 0.00578. The molecular formula is C30H30BNO2. The molecule has 2 aliphatic carbocycles. The SMILES string of the molecule is CC1(C)OB(c2ccc3c(c2)C2(CCCC2)c2c(-c4ccc(C#N)cc4)cccc2-3)OC1(C)C. The average molecular weight is 447 g/mol. The smallest absolute Gasteiger partial charge is 0.399 e. The normalized spacial score (nSPS) is 20.9. The quantitative estimate of drug-likeness (QED) is 0.429. The van der Waals surface area contributed by atoms with Crippen LogP contribution in [0.1, 0.15) is 70.1 Å². The van der Waals surface area contributed by atoms with Crippen LogP contribution in [0.4, 0.5) is 0 Å². The summed E-state index contributed by atoms with van der Waals surface area (Å²) >= 11 is 0. The second-order valence-corrected chi connectivity index (χ2v) is 11.1. The summed E-state index contributed by atoms with van der Waals surface area (Å²) in [5.74, 6) is 0. The Balaban J connectivity index is 1.50. The second-order valence-electron chi connectivity index (χ2n) is 11.1. The lowest BCUT2D eigenvalue weighted by Gasteiger charge is -2.32. The molecule has 0 bridgehead atoms. The zero-order valence-corrected chi connectivity index (χ0v) is 20.4. The highest BCUT2D eigenvalue weighted by Gasteiger charge is 2.53. The highest BCUT2D eigenvalue weighted by molar-refractivity contribution is 6.62. The minimum Gasteiger partial charge on any atom is -0.399 e. The third kappa shape index (κ3) is 2.97. The van der Waals surface area contributed by atoms with E-state index in [-0.39, 0.29) is 23.7 Å². The Morgan fingerprint density at radius 1 is 0.794 bits per heavy atom. The van der Waals surface area contributed by atoms with E-state index in [4.69, 9.17) is 9.31 Å². The molecule has 0 N–H and O–H groups in total. The molecule has 2 fully saturated rings. The molecule has 1 saturated heterocycles. The largest absolute Gasteiger partial charge is 0.494 e. The van der Waals surface area contributed by atoms with E-state index in [1.807, 2.05) is 12.1 Å². The van der Waals surface area contributed by atoms with Crippen LogP contribution in [0.3, 0.4) is 0 Å². The fourth-order valence-corrected chi connectivity index (χ4v) is 6.21. The fraction of sp³-hybridized carbons (Fsp3) is 0.367. The molecule has 1 spiro atoms. The van der Waals surface area contributed by atoms with Gasteiger partial charge in [-0.3, -0.25) is 0 Å². The van der Waals surface area contributed by atoms with E-state index in [9.17, 15) is 5.26 Å². The molecular weight excluding hydrogens is 417 g/mol. The Morgan fingerprint density at radius 2 is 1.44 bits per heavy atom. The molecule has 0 amide bonds. The van der Waals surface area contributed by atoms with Crippen LogP contribution in [0.5, 0.6) is 0 Å². The van der Waals surface area contributed by atoms with Gasteiger partial charge in [-0.15, -0.1) is 0 Å². The summed E-state index contributed by atoms with van der Waals surface area (Å²) in [5, 5.41) is 9.25. The molecule has 0 unspecified atom stereocenters. The van der Waals surface area contributed by atoms with Crippen LogP contribution in [-0.2, 0) is 14.7 Å². The molecule has 1 heterocycles. The summed E-state index contributed by atoms with van der Waals surface area (Å²) in [6.07, 6.45) is 4.79. The van der Waals surface area contributed by atoms with Gasteiger partial charge in [-0.2, -0.15) is 5.26 Å². The van der Waals surface area contributed by atoms with Gasteiger partial charge in [0.1, 0.15) is 0 Å². The van der Waals surface area contributed by atoms with Crippen molar-refractivity contribution in [1.29, 1.82) is 5.26 Å². The molecule has 1 saturated carbocycles. The minimum atomic E-state index is -0.354. The summed E-state index contributed by atoms with van der Waals surface area (Å²) in [6.45, 7) is 8.44. The Labute approximate surface area is 202 Å². The summed E-state index contributed by atoms with van der Waals surface area (Å²) in [4.78, 5) is 0. The topological polar surface area (TPSA) is 42.2 Å². The van der Waals surface area contributed by atoms with Crippen LogP contribution >= 0.6 is 0 Å². The maximum Gasteiger partial charge on any atom is 0.494 e. The lowest BCUT2D eigenvalue weighted by atomic mass is 9.71. The van der Waals surface area contributed by atoms with Crippen molar-refractivity contribution in [2.24, 2.45) is 0 Å². The zero-order valence-electron chi connectivity index (χ0n) is 20.4. The first-order chi connectivity index (χ1) is 16.3. The van der Waals surface area contributed by atoms with Crippen LogP contribution in [0.25, 0.3) is 22.3 Å². The van der Waals surface area contributed by atoms with E-state index < -0.39 is 0 Å². The fourth-order valence-electron chi connectivity index (χ4n) is 6.21. The van der Waals surface area contributed by atoms with Crippen molar-refractivity contribution >= 4 is 12.6 Å². The van der Waals surface area contributed by atoms with Gasteiger partial charge in [0.25, 0.3) is 0 Å². The van der Waals surface area contributed by atoms with Gasteiger partial charge < -0.3 is 9.31 Å². The average Bonchev–Trinajstić information content (AvgIpc) is 3.48. The van der Waals surface area contributed by atoms with Gasteiger partial charge in [0.15, 0.2) is 0 Å². The van der Waals surface area contributed by atoms with Gasteiger partial charge in [0.2, 0.25) is 0 Å². The number of fused-ring (bicyclic) bond motifs is 5. The molecule has 3 aromatic rings. The van der Waals surface area contributed by atoms with Gasteiger partial charge in [-0.05, 0) is 91.5 Å². The monoisotopic (exact) mass is 447 g/mol. The first kappa shape index (κ1) is 21.7. The molecule has 0 radical (unpaired) electrons. The number of rotatable bonds is 2. The highest BCUT2D eigenvalue weighted by Crippen LogP contribution is 2.59. The van der Waals surface area contributed by atoms with Crippen LogP contribution in [0.15, 0.2) is 60.7 Å². The van der Waals surface area contributed by atoms with Crippen LogP contribution in [0, 0.1) is 11.3 Å². The minimum absolute atomic E-state index is 0.0226. The van der Waals surface area contributed by atoms with Crippen molar-refractivity contribution in [1.82, 2.24) is 0 Å². The van der Waals surface area contributed by atoms with Crippen LogP contribution in [-0.4, -0.2) is 18.3 Å².